The Morgan fingerprint density at radius 3 is 3.12 bits per heavy atom. The number of thiophene rings is 1. The molecule has 3 rings (SSSR count). The van der Waals surface area contributed by atoms with Crippen LogP contribution in [0.15, 0.2) is 27.9 Å². The molecule has 1 aliphatic heterocycles. The molecule has 0 saturated carbocycles. The zero-order valence-corrected chi connectivity index (χ0v) is 11.5. The number of hydrogen-bond acceptors (Lipinski definition) is 4. The highest BCUT2D eigenvalue weighted by Gasteiger charge is 2.26. The van der Waals surface area contributed by atoms with Gasteiger partial charge in [-0.25, -0.2) is 0 Å². The predicted octanol–water partition coefficient (Wildman–Crippen LogP) is 3.52. The zero-order chi connectivity index (χ0) is 11.8. The minimum absolute atomic E-state index is 0.405. The largest absolute Gasteiger partial charge is 0.362 e. The molecule has 1 N–H and O–H groups in total. The monoisotopic (exact) mass is 265 g/mol. The first-order chi connectivity index (χ1) is 8.22. The lowest BCUT2D eigenvalue weighted by molar-refractivity contribution is 0.662. The van der Waals surface area contributed by atoms with Gasteiger partial charge in [-0.1, -0.05) is 6.92 Å². The molecule has 0 amide bonds. The third kappa shape index (κ3) is 2.21. The van der Waals surface area contributed by atoms with Gasteiger partial charge in [-0.3, -0.25) is 4.68 Å². The molecular weight excluding hydrogens is 250 g/mol. The van der Waals surface area contributed by atoms with E-state index in [4.69, 9.17) is 0 Å². The second kappa shape index (κ2) is 4.38. The Balaban J connectivity index is 1.84. The second-order valence-electron chi connectivity index (χ2n) is 4.40. The number of fused-ring (bicyclic) bond motifs is 1. The minimum atomic E-state index is 0.405. The van der Waals surface area contributed by atoms with E-state index < -0.39 is 0 Å². The summed E-state index contributed by atoms with van der Waals surface area (Å²) >= 11 is 3.84. The number of aromatic nitrogens is 2. The van der Waals surface area contributed by atoms with Crippen LogP contribution in [0.25, 0.3) is 0 Å². The van der Waals surface area contributed by atoms with Gasteiger partial charge >= 0.3 is 0 Å². The van der Waals surface area contributed by atoms with Crippen molar-refractivity contribution in [3.8, 4) is 0 Å². The summed E-state index contributed by atoms with van der Waals surface area (Å²) in [5.74, 6) is 0.966. The fraction of sp³-hybridized carbons (Fsp3) is 0.417. The molecule has 0 saturated heterocycles. The predicted molar refractivity (Wildman–Crippen MR) is 73.8 cm³/mol. The SMILES string of the molecule is C[C@H]1CC(Nc2ccn(C)n2)c2ccsc2S1. The molecule has 0 aliphatic carbocycles. The average Bonchev–Trinajstić information content (AvgIpc) is 2.87. The van der Waals surface area contributed by atoms with Crippen LogP contribution in [0, 0.1) is 0 Å². The summed E-state index contributed by atoms with van der Waals surface area (Å²) in [6.45, 7) is 2.29. The zero-order valence-electron chi connectivity index (χ0n) is 9.88. The lowest BCUT2D eigenvalue weighted by Crippen LogP contribution is -2.19. The van der Waals surface area contributed by atoms with Crippen molar-refractivity contribution in [2.45, 2.75) is 28.8 Å². The van der Waals surface area contributed by atoms with Gasteiger partial charge in [-0.2, -0.15) is 5.10 Å². The first-order valence-corrected chi connectivity index (χ1v) is 7.48. The summed E-state index contributed by atoms with van der Waals surface area (Å²) in [7, 11) is 1.94. The molecule has 90 valence electrons. The minimum Gasteiger partial charge on any atom is -0.362 e. The molecule has 3 nitrogen and oxygen atoms in total. The van der Waals surface area contributed by atoms with Gasteiger partial charge in [0.25, 0.3) is 0 Å². The van der Waals surface area contributed by atoms with Crippen LogP contribution in [-0.4, -0.2) is 15.0 Å². The topological polar surface area (TPSA) is 29.9 Å². The summed E-state index contributed by atoms with van der Waals surface area (Å²) in [5.41, 5.74) is 1.43. The van der Waals surface area contributed by atoms with Gasteiger partial charge in [0.2, 0.25) is 0 Å². The highest BCUT2D eigenvalue weighted by atomic mass is 32.2. The van der Waals surface area contributed by atoms with E-state index >= 15 is 0 Å². The van der Waals surface area contributed by atoms with Crippen molar-refractivity contribution in [3.63, 3.8) is 0 Å². The molecule has 2 atom stereocenters. The van der Waals surface area contributed by atoms with Crippen LogP contribution < -0.4 is 5.32 Å². The number of anilines is 1. The van der Waals surface area contributed by atoms with Gasteiger partial charge in [0, 0.05) is 24.6 Å². The number of hydrogen-bond donors (Lipinski definition) is 1. The molecule has 17 heavy (non-hydrogen) atoms. The Morgan fingerprint density at radius 1 is 1.47 bits per heavy atom. The van der Waals surface area contributed by atoms with Crippen molar-refractivity contribution < 1.29 is 0 Å². The lowest BCUT2D eigenvalue weighted by Gasteiger charge is -2.27. The second-order valence-corrected chi connectivity index (χ2v) is 7.02. The summed E-state index contributed by atoms with van der Waals surface area (Å²) in [4.78, 5) is 0. The number of rotatable bonds is 2. The molecule has 0 aromatic carbocycles. The normalized spacial score (nSPS) is 23.4. The average molecular weight is 265 g/mol. The smallest absolute Gasteiger partial charge is 0.148 e. The molecule has 2 aromatic heterocycles. The van der Waals surface area contributed by atoms with Gasteiger partial charge in [-0.15, -0.1) is 23.1 Å². The van der Waals surface area contributed by atoms with E-state index in [0.717, 1.165) is 12.2 Å². The quantitative estimate of drug-likeness (QED) is 0.901. The first kappa shape index (κ1) is 11.2. The lowest BCUT2D eigenvalue weighted by atomic mass is 10.1. The molecule has 5 heteroatoms. The summed E-state index contributed by atoms with van der Waals surface area (Å²) in [6.07, 6.45) is 3.13. The van der Waals surface area contributed by atoms with E-state index in [0.29, 0.717) is 11.3 Å². The van der Waals surface area contributed by atoms with Crippen LogP contribution >= 0.6 is 23.1 Å². The van der Waals surface area contributed by atoms with Crippen LogP contribution in [0.4, 0.5) is 5.82 Å². The third-order valence-electron chi connectivity index (χ3n) is 2.95. The van der Waals surface area contributed by atoms with E-state index in [2.05, 4.69) is 28.8 Å². The number of aryl methyl sites for hydroxylation is 1. The highest BCUT2D eigenvalue weighted by molar-refractivity contribution is 8.01. The molecule has 0 bridgehead atoms. The van der Waals surface area contributed by atoms with Gasteiger partial charge in [0.05, 0.1) is 10.3 Å². The van der Waals surface area contributed by atoms with E-state index in [1.807, 2.05) is 47.1 Å². The van der Waals surface area contributed by atoms with Crippen molar-refractivity contribution in [1.29, 1.82) is 0 Å². The summed E-state index contributed by atoms with van der Waals surface area (Å²) < 4.78 is 3.29. The van der Waals surface area contributed by atoms with E-state index in [-0.39, 0.29) is 0 Å². The Hall–Kier alpha value is -0.940. The Kier molecular flexibility index (Phi) is 2.88. The van der Waals surface area contributed by atoms with Gasteiger partial charge < -0.3 is 5.32 Å². The van der Waals surface area contributed by atoms with Crippen LogP contribution in [0.5, 0.6) is 0 Å². The van der Waals surface area contributed by atoms with E-state index in [9.17, 15) is 0 Å². The van der Waals surface area contributed by atoms with Crippen LogP contribution in [0.2, 0.25) is 0 Å². The standard InChI is InChI=1S/C12H15N3S2/c1-8-7-10(9-4-6-16-12(9)17-8)13-11-3-5-15(2)14-11/h3-6,8,10H,7H2,1-2H3,(H,13,14)/t8-,10?/m0/s1. The molecule has 2 aromatic rings. The van der Waals surface area contributed by atoms with Crippen molar-refractivity contribution in [2.75, 3.05) is 5.32 Å². The molecule has 0 spiro atoms. The number of nitrogens with one attached hydrogen (secondary N) is 1. The van der Waals surface area contributed by atoms with Crippen molar-refractivity contribution in [2.24, 2.45) is 7.05 Å². The van der Waals surface area contributed by atoms with Gasteiger partial charge in [0.1, 0.15) is 5.82 Å². The fourth-order valence-corrected chi connectivity index (χ4v) is 4.72. The maximum atomic E-state index is 4.39. The highest BCUT2D eigenvalue weighted by Crippen LogP contribution is 2.44. The fourth-order valence-electron chi connectivity index (χ4n) is 2.16. The maximum absolute atomic E-state index is 4.39. The maximum Gasteiger partial charge on any atom is 0.148 e. The van der Waals surface area contributed by atoms with E-state index in [1.165, 1.54) is 9.77 Å². The first-order valence-electron chi connectivity index (χ1n) is 5.72. The van der Waals surface area contributed by atoms with Gasteiger partial charge in [-0.05, 0) is 23.4 Å². The van der Waals surface area contributed by atoms with Crippen LogP contribution in [0.1, 0.15) is 24.9 Å². The van der Waals surface area contributed by atoms with Crippen LogP contribution in [0.3, 0.4) is 0 Å². The van der Waals surface area contributed by atoms with Crippen molar-refractivity contribution >= 4 is 28.9 Å². The molecule has 1 aliphatic rings. The Bertz CT molecular complexity index is 517. The Labute approximate surface area is 109 Å². The van der Waals surface area contributed by atoms with Gasteiger partial charge in [0.15, 0.2) is 0 Å². The molecule has 1 unspecified atom stereocenters. The van der Waals surface area contributed by atoms with E-state index in [1.54, 1.807) is 0 Å². The number of thioether (sulfide) groups is 1. The summed E-state index contributed by atoms with van der Waals surface area (Å²) in [6, 6.07) is 4.67. The summed E-state index contributed by atoms with van der Waals surface area (Å²) in [5, 5.41) is 10.8. The third-order valence-corrected chi connectivity index (χ3v) is 5.29. The molecular formula is C12H15N3S2. The van der Waals surface area contributed by atoms with Crippen LogP contribution in [-0.2, 0) is 7.05 Å². The molecule has 0 fully saturated rings. The molecule has 3 heterocycles. The number of nitrogens with zero attached hydrogens (tertiary/aromatic N) is 2. The van der Waals surface area contributed by atoms with Crippen molar-refractivity contribution in [1.82, 2.24) is 9.78 Å². The Morgan fingerprint density at radius 2 is 2.35 bits per heavy atom. The van der Waals surface area contributed by atoms with Crippen molar-refractivity contribution in [3.05, 3.63) is 29.3 Å². The molecule has 0 radical (unpaired) electrons.